The van der Waals surface area contributed by atoms with Crippen molar-refractivity contribution in [1.82, 2.24) is 9.62 Å². The minimum absolute atomic E-state index is 0.0884. The molecule has 33 heavy (non-hydrogen) atoms. The van der Waals surface area contributed by atoms with Crippen molar-refractivity contribution >= 4 is 33.4 Å². The quantitative estimate of drug-likeness (QED) is 0.469. The second-order valence-corrected chi connectivity index (χ2v) is 9.63. The zero-order valence-corrected chi connectivity index (χ0v) is 19.6. The number of hydrogen-bond acceptors (Lipinski definition) is 7. The molecule has 3 rings (SSSR count). The molecule has 3 N–H and O–H groups in total. The first kappa shape index (κ1) is 25.1. The molecule has 1 aromatic rings. The van der Waals surface area contributed by atoms with Gasteiger partial charge in [0.05, 0.1) is 17.6 Å². The van der Waals surface area contributed by atoms with E-state index in [-0.39, 0.29) is 30.1 Å². The summed E-state index contributed by atoms with van der Waals surface area (Å²) in [6.45, 7) is 2.92. The number of nitrogens with zero attached hydrogens (tertiary/aromatic N) is 2. The van der Waals surface area contributed by atoms with Crippen LogP contribution in [0.2, 0.25) is 0 Å². The van der Waals surface area contributed by atoms with Crippen LogP contribution in [0.25, 0.3) is 0 Å². The van der Waals surface area contributed by atoms with E-state index in [2.05, 4.69) is 4.72 Å². The number of rotatable bonds is 8. The Labute approximate surface area is 193 Å². The smallest absolute Gasteiger partial charge is 0.253 e. The van der Waals surface area contributed by atoms with Gasteiger partial charge in [-0.2, -0.15) is 4.72 Å². The number of benzene rings is 1. The summed E-state index contributed by atoms with van der Waals surface area (Å²) in [5, 5.41) is 0. The number of carbonyl (C=O) groups excluding carboxylic acids is 3. The number of nitrogens with one attached hydrogen (secondary N) is 1. The van der Waals surface area contributed by atoms with Crippen LogP contribution in [0.4, 0.5) is 5.69 Å². The summed E-state index contributed by atoms with van der Waals surface area (Å²) in [6.07, 6.45) is 1.54. The third-order valence-electron chi connectivity index (χ3n) is 5.86. The van der Waals surface area contributed by atoms with Gasteiger partial charge in [0, 0.05) is 32.4 Å². The predicted molar refractivity (Wildman–Crippen MR) is 119 cm³/mol. The fourth-order valence-corrected chi connectivity index (χ4v) is 5.63. The molecule has 2 atom stereocenters. The van der Waals surface area contributed by atoms with Crippen molar-refractivity contribution in [2.75, 3.05) is 44.9 Å². The minimum Gasteiger partial charge on any atom is -0.380 e. The molecule has 0 spiro atoms. The predicted octanol–water partition coefficient (Wildman–Crippen LogP) is -0.618. The standard InChI is InChI=1S/C21H30N4O7S/c1-3-15-16(25-10-11-32-13-18(25)26)7-4-8-17(15)33(29,30)23-19(20(22)27)21(28)24-9-5-6-14(12-24)31-2/h4,7-8,14,19,23H,3,5-6,9-13H2,1-2H3,(H2,22,27)/t14-,19-/m0/s1. The number of carbonyl (C=O) groups is 3. The molecule has 12 heteroatoms. The topological polar surface area (TPSA) is 148 Å². The monoisotopic (exact) mass is 482 g/mol. The highest BCUT2D eigenvalue weighted by Gasteiger charge is 2.36. The van der Waals surface area contributed by atoms with Crippen LogP contribution in [0.3, 0.4) is 0 Å². The Balaban J connectivity index is 1.90. The second kappa shape index (κ2) is 10.6. The zero-order valence-electron chi connectivity index (χ0n) is 18.8. The van der Waals surface area contributed by atoms with Gasteiger partial charge in [-0.3, -0.25) is 14.4 Å². The van der Waals surface area contributed by atoms with Gasteiger partial charge in [0.1, 0.15) is 6.61 Å². The lowest BCUT2D eigenvalue weighted by atomic mass is 10.1. The molecule has 0 unspecified atom stereocenters. The molecule has 2 saturated heterocycles. The number of likely N-dealkylation sites (tertiary alicyclic amines) is 1. The van der Waals surface area contributed by atoms with Crippen LogP contribution < -0.4 is 15.4 Å². The molecule has 2 aliphatic heterocycles. The molecule has 2 fully saturated rings. The summed E-state index contributed by atoms with van der Waals surface area (Å²) in [5.41, 5.74) is 6.27. The molecule has 1 aromatic carbocycles. The Hall–Kier alpha value is -2.54. The van der Waals surface area contributed by atoms with Crippen molar-refractivity contribution in [1.29, 1.82) is 0 Å². The lowest BCUT2D eigenvalue weighted by Gasteiger charge is -2.33. The molecule has 0 aliphatic carbocycles. The molecular weight excluding hydrogens is 452 g/mol. The number of hydrogen-bond donors (Lipinski definition) is 2. The van der Waals surface area contributed by atoms with E-state index in [1.807, 2.05) is 0 Å². The largest absolute Gasteiger partial charge is 0.380 e. The number of piperidine rings is 1. The normalized spacial score (nSPS) is 20.5. The van der Waals surface area contributed by atoms with Crippen molar-refractivity contribution < 1.29 is 32.3 Å². The van der Waals surface area contributed by atoms with Crippen molar-refractivity contribution in [2.45, 2.75) is 43.2 Å². The summed E-state index contributed by atoms with van der Waals surface area (Å²) in [7, 11) is -2.79. The third kappa shape index (κ3) is 5.52. The summed E-state index contributed by atoms with van der Waals surface area (Å²) >= 11 is 0. The van der Waals surface area contributed by atoms with Crippen molar-refractivity contribution in [3.8, 4) is 0 Å². The first-order valence-electron chi connectivity index (χ1n) is 10.8. The minimum atomic E-state index is -4.33. The first-order chi connectivity index (χ1) is 15.7. The van der Waals surface area contributed by atoms with Gasteiger partial charge in [0.2, 0.25) is 15.9 Å². The Morgan fingerprint density at radius 1 is 1.33 bits per heavy atom. The van der Waals surface area contributed by atoms with Crippen molar-refractivity contribution in [2.24, 2.45) is 5.73 Å². The molecule has 0 radical (unpaired) electrons. The number of methoxy groups -OCH3 is 1. The summed E-state index contributed by atoms with van der Waals surface area (Å²) in [4.78, 5) is 40.2. The zero-order chi connectivity index (χ0) is 24.2. The maximum absolute atomic E-state index is 13.3. The molecular formula is C21H30N4O7S. The van der Waals surface area contributed by atoms with E-state index in [0.29, 0.717) is 43.8 Å². The number of primary amides is 1. The van der Waals surface area contributed by atoms with E-state index in [0.717, 1.165) is 6.42 Å². The maximum Gasteiger partial charge on any atom is 0.253 e. The Bertz CT molecular complexity index is 1010. The van der Waals surface area contributed by atoms with Gasteiger partial charge in [-0.25, -0.2) is 8.42 Å². The average Bonchev–Trinajstić information content (AvgIpc) is 2.81. The lowest BCUT2D eigenvalue weighted by Crippen LogP contribution is -2.57. The van der Waals surface area contributed by atoms with E-state index in [4.69, 9.17) is 15.2 Å². The number of amides is 3. The van der Waals surface area contributed by atoms with E-state index >= 15 is 0 Å². The van der Waals surface area contributed by atoms with Gasteiger partial charge in [-0.1, -0.05) is 13.0 Å². The van der Waals surface area contributed by atoms with Crippen LogP contribution in [0, 0.1) is 0 Å². The van der Waals surface area contributed by atoms with Crippen LogP contribution in [0.15, 0.2) is 23.1 Å². The Morgan fingerprint density at radius 3 is 2.73 bits per heavy atom. The lowest BCUT2D eigenvalue weighted by molar-refractivity contribution is -0.140. The number of ether oxygens (including phenoxy) is 2. The number of sulfonamides is 1. The fraction of sp³-hybridized carbons (Fsp3) is 0.571. The van der Waals surface area contributed by atoms with Crippen LogP contribution in [0.1, 0.15) is 25.3 Å². The van der Waals surface area contributed by atoms with Crippen molar-refractivity contribution in [3.05, 3.63) is 23.8 Å². The Kier molecular flexibility index (Phi) is 8.05. The number of anilines is 1. The van der Waals surface area contributed by atoms with Crippen LogP contribution >= 0.6 is 0 Å². The second-order valence-electron chi connectivity index (χ2n) is 7.95. The molecule has 182 valence electrons. The molecule has 2 aliphatic rings. The molecule has 0 aromatic heterocycles. The van der Waals surface area contributed by atoms with Crippen LogP contribution in [-0.2, 0) is 40.3 Å². The average molecular weight is 483 g/mol. The highest BCUT2D eigenvalue weighted by Crippen LogP contribution is 2.29. The Morgan fingerprint density at radius 2 is 2.09 bits per heavy atom. The molecule has 0 bridgehead atoms. The van der Waals surface area contributed by atoms with Gasteiger partial charge in [-0.05, 0) is 37.0 Å². The van der Waals surface area contributed by atoms with E-state index < -0.39 is 27.9 Å². The molecule has 0 saturated carbocycles. The summed E-state index contributed by atoms with van der Waals surface area (Å²) in [6, 6.07) is 2.79. The molecule has 11 nitrogen and oxygen atoms in total. The van der Waals surface area contributed by atoms with Gasteiger partial charge >= 0.3 is 0 Å². The van der Waals surface area contributed by atoms with Gasteiger partial charge in [0.15, 0.2) is 6.04 Å². The molecule has 2 heterocycles. The fourth-order valence-electron chi connectivity index (χ4n) is 4.15. The van der Waals surface area contributed by atoms with E-state index in [9.17, 15) is 22.8 Å². The first-order valence-corrected chi connectivity index (χ1v) is 12.3. The van der Waals surface area contributed by atoms with Gasteiger partial charge in [0.25, 0.3) is 11.8 Å². The summed E-state index contributed by atoms with van der Waals surface area (Å²) in [5.74, 6) is -2.09. The van der Waals surface area contributed by atoms with Crippen molar-refractivity contribution in [3.63, 3.8) is 0 Å². The van der Waals surface area contributed by atoms with E-state index in [1.165, 1.54) is 29.0 Å². The number of nitrogens with two attached hydrogens (primary N) is 1. The maximum atomic E-state index is 13.3. The highest BCUT2D eigenvalue weighted by atomic mass is 32.2. The van der Waals surface area contributed by atoms with Crippen LogP contribution in [-0.4, -0.2) is 83.1 Å². The molecule has 3 amide bonds. The highest BCUT2D eigenvalue weighted by molar-refractivity contribution is 7.89. The third-order valence-corrected chi connectivity index (χ3v) is 7.36. The van der Waals surface area contributed by atoms with Crippen LogP contribution in [0.5, 0.6) is 0 Å². The summed E-state index contributed by atoms with van der Waals surface area (Å²) < 4.78 is 39.3. The number of morpholine rings is 1. The SMILES string of the molecule is CCc1c(N2CCOCC2=O)cccc1S(=O)(=O)N[C@@H](C(N)=O)C(=O)N1CCC[C@H](OC)C1. The van der Waals surface area contributed by atoms with E-state index in [1.54, 1.807) is 13.0 Å². The van der Waals surface area contributed by atoms with Gasteiger partial charge in [-0.15, -0.1) is 0 Å². The van der Waals surface area contributed by atoms with Gasteiger partial charge < -0.3 is 25.0 Å².